The Balaban J connectivity index is 0.920. The Morgan fingerprint density at radius 1 is 0.435 bits per heavy atom. The maximum atomic E-state index is 7.22. The average Bonchev–Trinajstić information content (AvgIpc) is 4.13. The fraction of sp³-hybridized carbons (Fsp3) is 0.0323. The zero-order valence-electron chi connectivity index (χ0n) is 37.1. The number of ether oxygens (including phenoxy) is 2. The predicted molar refractivity (Wildman–Crippen MR) is 282 cm³/mol. The van der Waals surface area contributed by atoms with E-state index in [1.165, 1.54) is 32.9 Å². The van der Waals surface area contributed by atoms with Crippen LogP contribution in [0.5, 0.6) is 23.0 Å². The summed E-state index contributed by atoms with van der Waals surface area (Å²) in [4.78, 5) is 0. The molecule has 0 spiro atoms. The zero-order chi connectivity index (χ0) is 44.9. The minimum Gasteiger partial charge on any atom is -0.458 e. The van der Waals surface area contributed by atoms with Crippen molar-refractivity contribution in [1.82, 2.24) is 9.13 Å². The van der Waals surface area contributed by atoms with Crippen LogP contribution in [0.3, 0.4) is 0 Å². The molecule has 0 saturated carbocycles. The highest BCUT2D eigenvalue weighted by Crippen LogP contribution is 2.46. The van der Waals surface area contributed by atoms with Gasteiger partial charge in [-0.05, 0) is 83.6 Å². The molecule has 0 saturated heterocycles. The average molecular weight is 885 g/mol. The maximum absolute atomic E-state index is 7.22. The number of aromatic nitrogens is 2. The van der Waals surface area contributed by atoms with Crippen molar-refractivity contribution in [2.45, 2.75) is 12.8 Å². The molecule has 0 amide bonds. The third kappa shape index (κ3) is 5.16. The minimum atomic E-state index is -0.143. The Kier molecular flexibility index (Phi) is 7.45. The molecule has 0 unspecified atom stereocenters. The molecular formula is C62H37BN2O4. The van der Waals surface area contributed by atoms with E-state index >= 15 is 0 Å². The van der Waals surface area contributed by atoms with E-state index in [9.17, 15) is 0 Å². The SMILES string of the molecule is C1=C\Cc2c(c3ccccc3n2-c2ccc3c(c2)Oc2cc(-c4cccc5c4oc4ccc6oc7ccccc7c6c45)cc4c2B3c2ccc(-n3c5ccccc5c5ccccc53)cc2O4)/C=C\C/1. The first kappa shape index (κ1) is 37.2. The largest absolute Gasteiger partial charge is 0.458 e. The lowest BCUT2D eigenvalue weighted by Gasteiger charge is -2.34. The van der Waals surface area contributed by atoms with Crippen LogP contribution in [-0.2, 0) is 6.42 Å². The maximum Gasteiger partial charge on any atom is 0.260 e. The number of rotatable bonds is 3. The molecular weight excluding hydrogens is 848 g/mol. The smallest absolute Gasteiger partial charge is 0.260 e. The molecule has 0 N–H and O–H groups in total. The molecule has 6 heterocycles. The van der Waals surface area contributed by atoms with Crippen molar-refractivity contribution in [3.8, 4) is 45.5 Å². The van der Waals surface area contributed by atoms with Gasteiger partial charge < -0.3 is 27.4 Å². The molecule has 322 valence electrons. The molecule has 4 aromatic heterocycles. The Bertz CT molecular complexity index is 4410. The van der Waals surface area contributed by atoms with Crippen LogP contribution >= 0.6 is 0 Å². The standard InChI is InChI=1S/C62H37BN2O4/c1-2-4-21-48-40(14-3-1)41-15-5-9-22-49(41)64(48)37-26-28-46-55(34-37)67-57-32-36(39-19-13-20-45-60-54(69-62(39)45)31-30-53-59(60)44-18-8-12-25-52(44)66-53)33-58-61(57)63(46)47-29-27-38(35-56(47)68-58)65-50-23-10-6-16-42(50)43-17-7-11-24-51(43)65/h2-20,22-35H,1,21H2/b4-2-,14-3-. The molecule has 0 bridgehead atoms. The fourth-order valence-electron chi connectivity index (χ4n) is 12.0. The van der Waals surface area contributed by atoms with Crippen LogP contribution in [0.25, 0.3) is 105 Å². The van der Waals surface area contributed by atoms with Gasteiger partial charge in [-0.15, -0.1) is 0 Å². The number of furan rings is 2. The second-order valence-corrected chi connectivity index (χ2v) is 18.6. The first-order chi connectivity index (χ1) is 34.2. The number of hydrogen-bond acceptors (Lipinski definition) is 4. The van der Waals surface area contributed by atoms with Crippen molar-refractivity contribution in [2.75, 3.05) is 0 Å². The summed E-state index contributed by atoms with van der Waals surface area (Å²) in [7, 11) is 0. The number of hydrogen-bond donors (Lipinski definition) is 0. The van der Waals surface area contributed by atoms with Crippen molar-refractivity contribution in [3.63, 3.8) is 0 Å². The van der Waals surface area contributed by atoms with E-state index in [1.54, 1.807) is 0 Å². The summed E-state index contributed by atoms with van der Waals surface area (Å²) in [6.45, 7) is -0.143. The van der Waals surface area contributed by atoms with Crippen LogP contribution < -0.4 is 25.9 Å². The van der Waals surface area contributed by atoms with Crippen molar-refractivity contribution < 1.29 is 18.3 Å². The van der Waals surface area contributed by atoms with Crippen molar-refractivity contribution in [3.05, 3.63) is 205 Å². The molecule has 6 nitrogen and oxygen atoms in total. The monoisotopic (exact) mass is 884 g/mol. The van der Waals surface area contributed by atoms with Crippen molar-refractivity contribution >= 4 is 106 Å². The summed E-state index contributed by atoms with van der Waals surface area (Å²) < 4.78 is 32.4. The van der Waals surface area contributed by atoms with Gasteiger partial charge in [-0.3, -0.25) is 0 Å². The van der Waals surface area contributed by atoms with Crippen LogP contribution in [0.1, 0.15) is 17.7 Å². The Labute approximate surface area is 395 Å². The van der Waals surface area contributed by atoms with Gasteiger partial charge in [0.15, 0.2) is 0 Å². The van der Waals surface area contributed by atoms with E-state index in [0.717, 1.165) is 130 Å². The third-order valence-corrected chi connectivity index (χ3v) is 14.9. The Morgan fingerprint density at radius 2 is 1.03 bits per heavy atom. The molecule has 2 aliphatic heterocycles. The topological polar surface area (TPSA) is 54.6 Å². The molecule has 13 aromatic rings. The lowest BCUT2D eigenvalue weighted by Crippen LogP contribution is -2.57. The molecule has 0 fully saturated rings. The number of para-hydroxylation sites is 5. The number of fused-ring (bicyclic) bond motifs is 17. The summed E-state index contributed by atoms with van der Waals surface area (Å²) in [5.41, 5.74) is 16.5. The molecule has 9 aromatic carbocycles. The highest BCUT2D eigenvalue weighted by molar-refractivity contribution is 6.98. The van der Waals surface area contributed by atoms with Gasteiger partial charge >= 0.3 is 0 Å². The van der Waals surface area contributed by atoms with Gasteiger partial charge in [0.1, 0.15) is 45.3 Å². The van der Waals surface area contributed by atoms with Gasteiger partial charge in [-0.1, -0.05) is 127 Å². The summed E-state index contributed by atoms with van der Waals surface area (Å²) in [5.74, 6) is 3.18. The summed E-state index contributed by atoms with van der Waals surface area (Å²) in [6, 6.07) is 62.6. The second kappa shape index (κ2) is 13.8. The van der Waals surface area contributed by atoms with Crippen LogP contribution in [0.15, 0.2) is 203 Å². The van der Waals surface area contributed by atoms with Gasteiger partial charge in [0.25, 0.3) is 6.71 Å². The first-order valence-electron chi connectivity index (χ1n) is 23.7. The van der Waals surface area contributed by atoms with E-state index < -0.39 is 0 Å². The highest BCUT2D eigenvalue weighted by atomic mass is 16.5. The number of benzene rings is 9. The molecule has 16 rings (SSSR count). The van der Waals surface area contributed by atoms with Gasteiger partial charge in [0, 0.05) is 89.9 Å². The quantitative estimate of drug-likeness (QED) is 0.131. The first-order valence-corrected chi connectivity index (χ1v) is 23.7. The second-order valence-electron chi connectivity index (χ2n) is 18.6. The van der Waals surface area contributed by atoms with Gasteiger partial charge in [0.05, 0.1) is 16.6 Å². The number of allylic oxidation sites excluding steroid dienone is 3. The normalized spacial score (nSPS) is 14.7. The van der Waals surface area contributed by atoms with Gasteiger partial charge in [-0.2, -0.15) is 0 Å². The van der Waals surface area contributed by atoms with E-state index in [4.69, 9.17) is 18.3 Å². The highest BCUT2D eigenvalue weighted by Gasteiger charge is 2.41. The molecule has 3 aliphatic rings. The van der Waals surface area contributed by atoms with Crippen LogP contribution in [-0.4, -0.2) is 15.8 Å². The van der Waals surface area contributed by atoms with Crippen molar-refractivity contribution in [2.24, 2.45) is 0 Å². The van der Waals surface area contributed by atoms with Gasteiger partial charge in [-0.25, -0.2) is 0 Å². The summed E-state index contributed by atoms with van der Waals surface area (Å²) >= 11 is 0. The third-order valence-electron chi connectivity index (χ3n) is 14.9. The van der Waals surface area contributed by atoms with E-state index in [0.29, 0.717) is 0 Å². The van der Waals surface area contributed by atoms with Crippen LogP contribution in [0.2, 0.25) is 0 Å². The number of nitrogens with zero attached hydrogens (tertiary/aromatic N) is 2. The minimum absolute atomic E-state index is 0.143. The summed E-state index contributed by atoms with van der Waals surface area (Å²) in [5, 5.41) is 7.89. The van der Waals surface area contributed by atoms with E-state index in [2.05, 4.69) is 185 Å². The molecule has 7 heteroatoms. The van der Waals surface area contributed by atoms with Crippen LogP contribution in [0, 0.1) is 0 Å². The van der Waals surface area contributed by atoms with Gasteiger partial charge in [0.2, 0.25) is 0 Å². The van der Waals surface area contributed by atoms with Crippen LogP contribution in [0.4, 0.5) is 0 Å². The fourth-order valence-corrected chi connectivity index (χ4v) is 12.0. The summed E-state index contributed by atoms with van der Waals surface area (Å²) in [6.07, 6.45) is 10.9. The van der Waals surface area contributed by atoms with E-state index in [-0.39, 0.29) is 6.71 Å². The lowest BCUT2D eigenvalue weighted by atomic mass is 9.35. The molecule has 0 radical (unpaired) electrons. The predicted octanol–water partition coefficient (Wildman–Crippen LogP) is 14.4. The zero-order valence-corrected chi connectivity index (χ0v) is 37.1. The molecule has 0 atom stereocenters. The Morgan fingerprint density at radius 3 is 1.75 bits per heavy atom. The van der Waals surface area contributed by atoms with Crippen molar-refractivity contribution in [1.29, 1.82) is 0 Å². The van der Waals surface area contributed by atoms with E-state index in [1.807, 2.05) is 24.3 Å². The lowest BCUT2D eigenvalue weighted by molar-refractivity contribution is 0.464. The molecule has 1 aliphatic carbocycles. The molecule has 69 heavy (non-hydrogen) atoms. The Hall–Kier alpha value is -8.94.